The van der Waals surface area contributed by atoms with Gasteiger partial charge in [0.15, 0.2) is 0 Å². The first-order valence-electron chi connectivity index (χ1n) is 9.06. The topological polar surface area (TPSA) is 84.5 Å². The van der Waals surface area contributed by atoms with Crippen LogP contribution in [0.5, 0.6) is 5.75 Å². The highest BCUT2D eigenvalue weighted by atomic mass is 32.2. The second-order valence-corrected chi connectivity index (χ2v) is 10.1. The number of carbonyl (C=O) groups excluding carboxylic acids is 1. The molecule has 156 valence electrons. The molecule has 9 heteroatoms. The van der Waals surface area contributed by atoms with Crippen LogP contribution in [0.4, 0.5) is 10.1 Å². The SMILES string of the molecule is CC(C)(NS(=O)(=O)Cc1ccccc1F)C(=O)Nc1ccc(OC2CSC2)cc1. The summed E-state index contributed by atoms with van der Waals surface area (Å²) in [5.74, 6) is 0.973. The van der Waals surface area contributed by atoms with Gasteiger partial charge in [-0.3, -0.25) is 4.79 Å². The van der Waals surface area contributed by atoms with E-state index in [1.165, 1.54) is 32.0 Å². The quantitative estimate of drug-likeness (QED) is 0.661. The number of thioether (sulfide) groups is 1. The summed E-state index contributed by atoms with van der Waals surface area (Å²) < 4.78 is 46.7. The van der Waals surface area contributed by atoms with E-state index in [-0.39, 0.29) is 11.7 Å². The van der Waals surface area contributed by atoms with Gasteiger partial charge >= 0.3 is 0 Å². The first-order chi connectivity index (χ1) is 13.6. The van der Waals surface area contributed by atoms with Gasteiger partial charge in [0.25, 0.3) is 0 Å². The standard InChI is InChI=1S/C20H23FN2O4S2/c1-20(2,23-29(25,26)13-14-5-3-4-6-18(14)21)19(24)22-15-7-9-16(10-8-15)27-17-11-28-12-17/h3-10,17,23H,11-13H2,1-2H3,(H,22,24). The van der Waals surface area contributed by atoms with Gasteiger partial charge in [-0.2, -0.15) is 16.5 Å². The molecule has 2 aromatic rings. The highest BCUT2D eigenvalue weighted by Crippen LogP contribution is 2.25. The van der Waals surface area contributed by atoms with Gasteiger partial charge in [0.05, 0.1) is 5.75 Å². The molecule has 0 bridgehead atoms. The van der Waals surface area contributed by atoms with Crippen molar-refractivity contribution in [3.05, 3.63) is 59.9 Å². The minimum Gasteiger partial charge on any atom is -0.489 e. The Balaban J connectivity index is 1.60. The number of rotatable bonds is 8. The maximum absolute atomic E-state index is 13.8. The van der Waals surface area contributed by atoms with Gasteiger partial charge in [-0.05, 0) is 44.2 Å². The van der Waals surface area contributed by atoms with Crippen molar-refractivity contribution in [2.75, 3.05) is 16.8 Å². The molecule has 0 aromatic heterocycles. The summed E-state index contributed by atoms with van der Waals surface area (Å²) in [7, 11) is -3.94. The van der Waals surface area contributed by atoms with E-state index in [0.717, 1.165) is 17.3 Å². The molecular weight excluding hydrogens is 415 g/mol. The zero-order valence-electron chi connectivity index (χ0n) is 16.1. The van der Waals surface area contributed by atoms with Crippen molar-refractivity contribution in [1.82, 2.24) is 4.72 Å². The van der Waals surface area contributed by atoms with E-state index in [9.17, 15) is 17.6 Å². The molecule has 0 atom stereocenters. The van der Waals surface area contributed by atoms with Crippen molar-refractivity contribution in [2.24, 2.45) is 0 Å². The van der Waals surface area contributed by atoms with Crippen LogP contribution in [0.15, 0.2) is 48.5 Å². The molecule has 0 unspecified atom stereocenters. The number of amides is 1. The van der Waals surface area contributed by atoms with Gasteiger partial charge in [-0.15, -0.1) is 0 Å². The molecule has 0 radical (unpaired) electrons. The first-order valence-corrected chi connectivity index (χ1v) is 11.9. The number of halogens is 1. The molecule has 3 rings (SSSR count). The monoisotopic (exact) mass is 438 g/mol. The Bertz CT molecular complexity index is 974. The fourth-order valence-corrected chi connectivity index (χ4v) is 4.82. The smallest absolute Gasteiger partial charge is 0.245 e. The summed E-state index contributed by atoms with van der Waals surface area (Å²) in [6, 6.07) is 12.5. The lowest BCUT2D eigenvalue weighted by atomic mass is 10.1. The fraction of sp³-hybridized carbons (Fsp3) is 0.350. The van der Waals surface area contributed by atoms with Gasteiger partial charge in [-0.25, -0.2) is 12.8 Å². The lowest BCUT2D eigenvalue weighted by Crippen LogP contribution is -2.52. The number of sulfonamides is 1. The number of anilines is 1. The van der Waals surface area contributed by atoms with Crippen molar-refractivity contribution < 1.29 is 22.3 Å². The summed E-state index contributed by atoms with van der Waals surface area (Å²) in [5, 5.41) is 2.69. The zero-order chi connectivity index (χ0) is 21.1. The van der Waals surface area contributed by atoms with Gasteiger partial charge in [0.1, 0.15) is 23.2 Å². The Morgan fingerprint density at radius 1 is 1.17 bits per heavy atom. The van der Waals surface area contributed by atoms with Gasteiger partial charge in [0.2, 0.25) is 15.9 Å². The maximum Gasteiger partial charge on any atom is 0.245 e. The Kier molecular flexibility index (Phi) is 6.50. The third-order valence-corrected chi connectivity index (χ3v) is 7.03. The molecule has 6 nitrogen and oxygen atoms in total. The molecule has 0 spiro atoms. The first kappa shape index (κ1) is 21.6. The molecule has 1 amide bonds. The highest BCUT2D eigenvalue weighted by molar-refractivity contribution is 8.00. The maximum atomic E-state index is 13.8. The van der Waals surface area contributed by atoms with Crippen LogP contribution in [0.25, 0.3) is 0 Å². The predicted molar refractivity (Wildman–Crippen MR) is 113 cm³/mol. The normalized spacial score (nSPS) is 14.9. The number of benzene rings is 2. The zero-order valence-corrected chi connectivity index (χ0v) is 17.8. The molecule has 1 aliphatic rings. The minimum atomic E-state index is -3.94. The third kappa shape index (κ3) is 5.94. The van der Waals surface area contributed by atoms with E-state index >= 15 is 0 Å². The molecule has 29 heavy (non-hydrogen) atoms. The average Bonchev–Trinajstić information content (AvgIpc) is 2.60. The molecule has 2 aromatic carbocycles. The van der Waals surface area contributed by atoms with Crippen molar-refractivity contribution in [3.8, 4) is 5.75 Å². The number of hydrogen-bond acceptors (Lipinski definition) is 5. The Labute approximate surface area is 174 Å². The molecule has 1 saturated heterocycles. The summed E-state index contributed by atoms with van der Waals surface area (Å²) >= 11 is 1.83. The van der Waals surface area contributed by atoms with E-state index in [1.54, 1.807) is 30.3 Å². The van der Waals surface area contributed by atoms with Crippen LogP contribution in [-0.2, 0) is 20.6 Å². The molecule has 1 fully saturated rings. The Morgan fingerprint density at radius 3 is 2.41 bits per heavy atom. The van der Waals surface area contributed by atoms with Crippen LogP contribution in [0.1, 0.15) is 19.4 Å². The molecule has 1 aliphatic heterocycles. The Morgan fingerprint density at radius 2 is 1.83 bits per heavy atom. The molecule has 2 N–H and O–H groups in total. The van der Waals surface area contributed by atoms with Crippen LogP contribution in [-0.4, -0.2) is 37.5 Å². The van der Waals surface area contributed by atoms with Crippen LogP contribution in [0.2, 0.25) is 0 Å². The second kappa shape index (κ2) is 8.73. The van der Waals surface area contributed by atoms with Gasteiger partial charge in [0, 0.05) is 22.8 Å². The largest absolute Gasteiger partial charge is 0.489 e. The van der Waals surface area contributed by atoms with Crippen LogP contribution >= 0.6 is 11.8 Å². The Hall–Kier alpha value is -2.10. The van der Waals surface area contributed by atoms with E-state index in [0.29, 0.717) is 5.69 Å². The van der Waals surface area contributed by atoms with E-state index in [1.807, 2.05) is 11.8 Å². The minimum absolute atomic E-state index is 0.0386. The van der Waals surface area contributed by atoms with Gasteiger partial charge < -0.3 is 10.1 Å². The molecule has 0 saturated carbocycles. The van der Waals surface area contributed by atoms with E-state index in [4.69, 9.17) is 4.74 Å². The molecule has 0 aliphatic carbocycles. The van der Waals surface area contributed by atoms with Crippen molar-refractivity contribution >= 4 is 33.4 Å². The molecular formula is C20H23FN2O4S2. The summed E-state index contributed by atoms with van der Waals surface area (Å²) in [4.78, 5) is 12.6. The summed E-state index contributed by atoms with van der Waals surface area (Å²) in [6.07, 6.45) is 0.225. The number of ether oxygens (including phenoxy) is 1. The van der Waals surface area contributed by atoms with Crippen LogP contribution < -0.4 is 14.8 Å². The van der Waals surface area contributed by atoms with E-state index in [2.05, 4.69) is 10.0 Å². The average molecular weight is 439 g/mol. The van der Waals surface area contributed by atoms with Crippen molar-refractivity contribution in [2.45, 2.75) is 31.2 Å². The van der Waals surface area contributed by atoms with Crippen LogP contribution in [0.3, 0.4) is 0 Å². The summed E-state index contributed by atoms with van der Waals surface area (Å²) in [6.45, 7) is 2.90. The van der Waals surface area contributed by atoms with Crippen molar-refractivity contribution in [3.63, 3.8) is 0 Å². The lowest BCUT2D eigenvalue weighted by Gasteiger charge is -2.26. The van der Waals surface area contributed by atoms with Crippen LogP contribution in [0, 0.1) is 5.82 Å². The molecule has 1 heterocycles. The summed E-state index contributed by atoms with van der Waals surface area (Å²) in [5.41, 5.74) is -0.869. The number of nitrogens with one attached hydrogen (secondary N) is 2. The van der Waals surface area contributed by atoms with Crippen molar-refractivity contribution in [1.29, 1.82) is 0 Å². The number of carbonyl (C=O) groups is 1. The predicted octanol–water partition coefficient (Wildman–Crippen LogP) is 3.16. The second-order valence-electron chi connectivity index (χ2n) is 7.33. The fourth-order valence-electron chi connectivity index (χ4n) is 2.67. The number of hydrogen-bond donors (Lipinski definition) is 2. The van der Waals surface area contributed by atoms with Gasteiger partial charge in [-0.1, -0.05) is 18.2 Å². The highest BCUT2D eigenvalue weighted by Gasteiger charge is 2.33. The van der Waals surface area contributed by atoms with E-state index < -0.39 is 33.0 Å². The lowest BCUT2D eigenvalue weighted by molar-refractivity contribution is -0.120. The third-order valence-electron chi connectivity index (χ3n) is 4.30.